The maximum Gasteiger partial charge on any atom is 0.294 e. The van der Waals surface area contributed by atoms with Crippen LogP contribution in [0.2, 0.25) is 0 Å². The van der Waals surface area contributed by atoms with Gasteiger partial charge in [0.25, 0.3) is 11.1 Å². The van der Waals surface area contributed by atoms with E-state index in [1.807, 2.05) is 37.3 Å². The molecule has 1 aliphatic heterocycles. The van der Waals surface area contributed by atoms with Gasteiger partial charge in [0.2, 0.25) is 5.91 Å². The molecule has 1 fully saturated rings. The minimum absolute atomic E-state index is 0.259. The zero-order valence-electron chi connectivity index (χ0n) is 13.5. The van der Waals surface area contributed by atoms with Crippen molar-refractivity contribution in [2.45, 2.75) is 13.3 Å². The van der Waals surface area contributed by atoms with Crippen molar-refractivity contribution in [3.05, 3.63) is 40.8 Å². The zero-order chi connectivity index (χ0) is 17.4. The highest BCUT2D eigenvalue weighted by molar-refractivity contribution is 8.18. The second-order valence-electron chi connectivity index (χ2n) is 5.08. The molecule has 0 aliphatic carbocycles. The highest BCUT2D eigenvalue weighted by Gasteiger charge is 2.36. The van der Waals surface area contributed by atoms with E-state index in [1.165, 1.54) is 0 Å². The summed E-state index contributed by atoms with van der Waals surface area (Å²) in [5.41, 5.74) is 0.836. The predicted molar refractivity (Wildman–Crippen MR) is 93.2 cm³/mol. The van der Waals surface area contributed by atoms with Crippen LogP contribution in [0.4, 0.5) is 4.79 Å². The maximum absolute atomic E-state index is 12.3. The number of ether oxygens (including phenoxy) is 1. The first kappa shape index (κ1) is 18.2. The summed E-state index contributed by atoms with van der Waals surface area (Å²) in [4.78, 5) is 37.4. The van der Waals surface area contributed by atoms with Crippen LogP contribution in [0.15, 0.2) is 35.2 Å². The van der Waals surface area contributed by atoms with Gasteiger partial charge in [-0.2, -0.15) is 0 Å². The van der Waals surface area contributed by atoms with Gasteiger partial charge in [0.15, 0.2) is 0 Å². The minimum Gasteiger partial charge on any atom is -0.382 e. The van der Waals surface area contributed by atoms with Gasteiger partial charge >= 0.3 is 0 Å². The Balaban J connectivity index is 1.87. The third kappa shape index (κ3) is 5.21. The highest BCUT2D eigenvalue weighted by Crippen LogP contribution is 2.31. The van der Waals surface area contributed by atoms with Gasteiger partial charge in [-0.3, -0.25) is 19.3 Å². The van der Waals surface area contributed by atoms with Gasteiger partial charge in [0.1, 0.15) is 6.54 Å². The standard InChI is InChI=1S/C17H20N2O4S/c1-2-23-10-6-9-18-15(20)12-19-16(21)14(24-17(19)22)11-13-7-4-3-5-8-13/h3-5,7-8,11H,2,6,9-10,12H2,1H3,(H,18,20)/b14-11+. The fourth-order valence-electron chi connectivity index (χ4n) is 2.08. The predicted octanol–water partition coefficient (Wildman–Crippen LogP) is 2.27. The molecule has 1 aromatic rings. The molecule has 128 valence electrons. The van der Waals surface area contributed by atoms with Gasteiger partial charge in [0.05, 0.1) is 4.91 Å². The fourth-order valence-corrected chi connectivity index (χ4v) is 2.92. The Morgan fingerprint density at radius 1 is 1.29 bits per heavy atom. The number of carbonyl (C=O) groups excluding carboxylic acids is 3. The summed E-state index contributed by atoms with van der Waals surface area (Å²) < 4.78 is 5.17. The van der Waals surface area contributed by atoms with Crippen LogP contribution in [0.5, 0.6) is 0 Å². The molecule has 7 heteroatoms. The lowest BCUT2D eigenvalue weighted by Crippen LogP contribution is -2.40. The number of hydrogen-bond donors (Lipinski definition) is 1. The lowest BCUT2D eigenvalue weighted by molar-refractivity contribution is -0.129. The smallest absolute Gasteiger partial charge is 0.294 e. The molecule has 1 aliphatic rings. The van der Waals surface area contributed by atoms with Crippen molar-refractivity contribution in [1.29, 1.82) is 0 Å². The third-order valence-corrected chi connectivity index (χ3v) is 4.17. The van der Waals surface area contributed by atoms with E-state index in [-0.39, 0.29) is 12.5 Å². The Bertz CT molecular complexity index is 631. The molecule has 1 N–H and O–H groups in total. The average Bonchev–Trinajstić information content (AvgIpc) is 2.83. The summed E-state index contributed by atoms with van der Waals surface area (Å²) in [7, 11) is 0. The van der Waals surface area contributed by atoms with Crippen molar-refractivity contribution < 1.29 is 19.1 Å². The van der Waals surface area contributed by atoms with E-state index >= 15 is 0 Å². The van der Waals surface area contributed by atoms with Crippen molar-refractivity contribution in [3.8, 4) is 0 Å². The summed E-state index contributed by atoms with van der Waals surface area (Å²) in [6, 6.07) is 9.27. The quantitative estimate of drug-likeness (QED) is 0.576. The summed E-state index contributed by atoms with van der Waals surface area (Å²) in [5, 5.41) is 2.26. The highest BCUT2D eigenvalue weighted by atomic mass is 32.2. The summed E-state index contributed by atoms with van der Waals surface area (Å²) in [5.74, 6) is -0.784. The lowest BCUT2D eigenvalue weighted by Gasteiger charge is -2.12. The number of carbonyl (C=O) groups is 3. The van der Waals surface area contributed by atoms with Crippen LogP contribution in [-0.4, -0.2) is 48.3 Å². The molecule has 0 aromatic heterocycles. The second kappa shape index (κ2) is 9.24. The molecule has 0 spiro atoms. The van der Waals surface area contributed by atoms with Crippen molar-refractivity contribution in [3.63, 3.8) is 0 Å². The van der Waals surface area contributed by atoms with Crippen molar-refractivity contribution in [2.24, 2.45) is 0 Å². The van der Waals surface area contributed by atoms with Crippen LogP contribution in [0.1, 0.15) is 18.9 Å². The first-order valence-corrected chi connectivity index (χ1v) is 8.58. The van der Waals surface area contributed by atoms with E-state index < -0.39 is 11.1 Å². The fraction of sp³-hybridized carbons (Fsp3) is 0.353. The normalized spacial score (nSPS) is 16.0. The molecule has 0 bridgehead atoms. The first-order chi connectivity index (χ1) is 11.6. The molecule has 1 saturated heterocycles. The van der Waals surface area contributed by atoms with E-state index in [1.54, 1.807) is 6.08 Å². The van der Waals surface area contributed by atoms with Gasteiger partial charge in [-0.25, -0.2) is 0 Å². The summed E-state index contributed by atoms with van der Waals surface area (Å²) in [6.45, 7) is 3.30. The van der Waals surface area contributed by atoms with Crippen LogP contribution >= 0.6 is 11.8 Å². The maximum atomic E-state index is 12.3. The van der Waals surface area contributed by atoms with Gasteiger partial charge in [0, 0.05) is 19.8 Å². The Hall–Kier alpha value is -2.12. The number of imide groups is 1. The van der Waals surface area contributed by atoms with E-state index in [2.05, 4.69) is 5.32 Å². The molecule has 2 rings (SSSR count). The molecular formula is C17H20N2O4S. The molecule has 0 saturated carbocycles. The van der Waals surface area contributed by atoms with Gasteiger partial charge in [-0.1, -0.05) is 30.3 Å². The van der Waals surface area contributed by atoms with E-state index in [0.717, 1.165) is 22.2 Å². The number of rotatable bonds is 8. The van der Waals surface area contributed by atoms with Gasteiger partial charge in [-0.05, 0) is 36.7 Å². The molecule has 24 heavy (non-hydrogen) atoms. The Morgan fingerprint density at radius 3 is 2.75 bits per heavy atom. The Labute approximate surface area is 145 Å². The van der Waals surface area contributed by atoms with Gasteiger partial charge < -0.3 is 10.1 Å². The molecule has 0 unspecified atom stereocenters. The number of amides is 3. The Kier molecular flexibility index (Phi) is 7.02. The molecule has 0 radical (unpaired) electrons. The monoisotopic (exact) mass is 348 g/mol. The molecule has 6 nitrogen and oxygen atoms in total. The number of thioether (sulfide) groups is 1. The molecular weight excluding hydrogens is 328 g/mol. The van der Waals surface area contributed by atoms with E-state index in [4.69, 9.17) is 4.74 Å². The molecule has 1 heterocycles. The Morgan fingerprint density at radius 2 is 2.04 bits per heavy atom. The summed E-state index contributed by atoms with van der Waals surface area (Å²) in [6.07, 6.45) is 2.35. The average molecular weight is 348 g/mol. The summed E-state index contributed by atoms with van der Waals surface area (Å²) >= 11 is 0.852. The van der Waals surface area contributed by atoms with Crippen molar-refractivity contribution in [2.75, 3.05) is 26.3 Å². The van der Waals surface area contributed by atoms with E-state index in [9.17, 15) is 14.4 Å². The number of benzene rings is 1. The molecule has 1 aromatic carbocycles. The number of nitrogens with one attached hydrogen (secondary N) is 1. The van der Waals surface area contributed by atoms with Crippen LogP contribution in [0.3, 0.4) is 0 Å². The van der Waals surface area contributed by atoms with Crippen molar-refractivity contribution in [1.82, 2.24) is 10.2 Å². The van der Waals surface area contributed by atoms with Crippen LogP contribution < -0.4 is 5.32 Å². The van der Waals surface area contributed by atoms with Crippen LogP contribution in [0.25, 0.3) is 6.08 Å². The van der Waals surface area contributed by atoms with Crippen LogP contribution in [0, 0.1) is 0 Å². The SMILES string of the molecule is CCOCCCNC(=O)CN1C(=O)S/C(=C/c2ccccc2)C1=O. The first-order valence-electron chi connectivity index (χ1n) is 7.76. The third-order valence-electron chi connectivity index (χ3n) is 3.26. The molecule has 3 amide bonds. The van der Waals surface area contributed by atoms with E-state index in [0.29, 0.717) is 31.1 Å². The van der Waals surface area contributed by atoms with Gasteiger partial charge in [-0.15, -0.1) is 0 Å². The zero-order valence-corrected chi connectivity index (χ0v) is 14.3. The van der Waals surface area contributed by atoms with Crippen LogP contribution in [-0.2, 0) is 14.3 Å². The second-order valence-corrected chi connectivity index (χ2v) is 6.07. The number of nitrogens with zero attached hydrogens (tertiary/aromatic N) is 1. The van der Waals surface area contributed by atoms with Crippen molar-refractivity contribution >= 4 is 34.9 Å². The lowest BCUT2D eigenvalue weighted by atomic mass is 10.2. The molecule has 0 atom stereocenters. The number of hydrogen-bond acceptors (Lipinski definition) is 5. The topological polar surface area (TPSA) is 75.7 Å². The largest absolute Gasteiger partial charge is 0.382 e. The minimum atomic E-state index is -0.432.